The van der Waals surface area contributed by atoms with Gasteiger partial charge in [0.1, 0.15) is 5.69 Å². The third kappa shape index (κ3) is 4.29. The number of hydrogen-bond acceptors (Lipinski definition) is 2. The van der Waals surface area contributed by atoms with Crippen LogP contribution in [0.15, 0.2) is 84.9 Å². The van der Waals surface area contributed by atoms with Crippen LogP contribution in [-0.4, -0.2) is 27.1 Å². The average Bonchev–Trinajstić information content (AvgIpc) is 3.28. The van der Waals surface area contributed by atoms with Crippen molar-refractivity contribution in [1.29, 1.82) is 0 Å². The number of carbonyl (C=O) groups is 1. The summed E-state index contributed by atoms with van der Waals surface area (Å²) >= 11 is 0. The summed E-state index contributed by atoms with van der Waals surface area (Å²) in [7, 11) is 0. The molecule has 5 rings (SSSR count). The van der Waals surface area contributed by atoms with Crippen LogP contribution in [0.2, 0.25) is 0 Å². The van der Waals surface area contributed by atoms with E-state index in [1.165, 1.54) is 11.1 Å². The van der Waals surface area contributed by atoms with E-state index in [0.717, 1.165) is 54.0 Å². The molecule has 1 atom stereocenters. The largest absolute Gasteiger partial charge is 0.331 e. The summed E-state index contributed by atoms with van der Waals surface area (Å²) in [6.45, 7) is 7.30. The summed E-state index contributed by atoms with van der Waals surface area (Å²) in [5.74, 6) is 0.391. The van der Waals surface area contributed by atoms with Crippen LogP contribution in [0.5, 0.6) is 0 Å². The first kappa shape index (κ1) is 23.1. The van der Waals surface area contributed by atoms with E-state index < -0.39 is 0 Å². The van der Waals surface area contributed by atoms with Gasteiger partial charge in [0, 0.05) is 12.1 Å². The molecule has 0 saturated carbocycles. The molecule has 4 nitrogen and oxygen atoms in total. The van der Waals surface area contributed by atoms with Gasteiger partial charge < -0.3 is 4.90 Å². The number of fused-ring (bicyclic) bond motifs is 1. The summed E-state index contributed by atoms with van der Waals surface area (Å²) < 4.78 is 1.99. The van der Waals surface area contributed by atoms with Gasteiger partial charge in [0.25, 0.3) is 5.91 Å². The molecule has 0 saturated heterocycles. The number of carbonyl (C=O) groups excluding carboxylic acids is 1. The van der Waals surface area contributed by atoms with Crippen LogP contribution in [0.3, 0.4) is 0 Å². The van der Waals surface area contributed by atoms with Gasteiger partial charge in [-0.2, -0.15) is 5.10 Å². The molecule has 0 spiro atoms. The fourth-order valence-electron chi connectivity index (χ4n) is 5.41. The van der Waals surface area contributed by atoms with Crippen LogP contribution in [-0.2, 0) is 12.8 Å². The van der Waals surface area contributed by atoms with E-state index in [1.807, 2.05) is 41.1 Å². The van der Waals surface area contributed by atoms with Gasteiger partial charge in [-0.1, -0.05) is 100.0 Å². The van der Waals surface area contributed by atoms with Crippen LogP contribution in [0.1, 0.15) is 60.4 Å². The summed E-state index contributed by atoms with van der Waals surface area (Å²) in [6.07, 6.45) is 2.60. The Kier molecular flexibility index (Phi) is 6.54. The molecule has 35 heavy (non-hydrogen) atoms. The first-order valence-corrected chi connectivity index (χ1v) is 12.7. The molecule has 0 radical (unpaired) electrons. The Morgan fingerprint density at radius 1 is 0.943 bits per heavy atom. The number of benzene rings is 3. The maximum absolute atomic E-state index is 14.5. The zero-order chi connectivity index (χ0) is 24.4. The Morgan fingerprint density at radius 3 is 2.29 bits per heavy atom. The van der Waals surface area contributed by atoms with E-state index in [-0.39, 0.29) is 11.9 Å². The lowest BCUT2D eigenvalue weighted by Gasteiger charge is -2.40. The maximum Gasteiger partial charge on any atom is 0.258 e. The smallest absolute Gasteiger partial charge is 0.258 e. The Bertz CT molecular complexity index is 1310. The molecule has 3 aromatic carbocycles. The molecule has 0 bridgehead atoms. The highest BCUT2D eigenvalue weighted by Crippen LogP contribution is 2.38. The first-order chi connectivity index (χ1) is 17.1. The summed E-state index contributed by atoms with van der Waals surface area (Å²) in [6, 6.07) is 28.9. The molecule has 1 aromatic heterocycles. The summed E-state index contributed by atoms with van der Waals surface area (Å²) in [5.41, 5.74) is 7.08. The number of nitrogens with zero attached hydrogens (tertiary/aromatic N) is 3. The highest BCUT2D eigenvalue weighted by atomic mass is 16.2. The van der Waals surface area contributed by atoms with Gasteiger partial charge in [0.15, 0.2) is 0 Å². The molecular formula is C31H33N3O. The minimum atomic E-state index is 0.0469. The van der Waals surface area contributed by atoms with Gasteiger partial charge in [-0.3, -0.25) is 4.79 Å². The van der Waals surface area contributed by atoms with E-state index >= 15 is 0 Å². The second-order valence-electron chi connectivity index (χ2n) is 9.67. The predicted molar refractivity (Wildman–Crippen MR) is 142 cm³/mol. The standard InChI is InChI=1S/C31H33N3O/c1-4-13-27-28(31(35)33-21-20-23-14-11-12-19-26(23)30(33)22(2)3)29(24-15-7-5-8-16-24)32-34(27)25-17-9-6-10-18-25/h5-12,14-19,22,30H,4,13,20-21H2,1-3H3. The molecule has 2 heterocycles. The Balaban J connectivity index is 1.69. The Hall–Kier alpha value is -3.66. The fraction of sp³-hybridized carbons (Fsp3) is 0.290. The molecule has 1 amide bonds. The molecule has 178 valence electrons. The van der Waals surface area contributed by atoms with Crippen LogP contribution < -0.4 is 0 Å². The van der Waals surface area contributed by atoms with Crippen molar-refractivity contribution in [2.45, 2.75) is 46.1 Å². The zero-order valence-electron chi connectivity index (χ0n) is 20.8. The Morgan fingerprint density at radius 2 is 1.60 bits per heavy atom. The zero-order valence-corrected chi connectivity index (χ0v) is 20.8. The number of hydrogen-bond donors (Lipinski definition) is 0. The topological polar surface area (TPSA) is 38.1 Å². The van der Waals surface area contributed by atoms with Crippen molar-refractivity contribution in [3.63, 3.8) is 0 Å². The minimum Gasteiger partial charge on any atom is -0.331 e. The van der Waals surface area contributed by atoms with Crippen molar-refractivity contribution in [3.8, 4) is 16.9 Å². The monoisotopic (exact) mass is 463 g/mol. The molecule has 0 aliphatic carbocycles. The number of amides is 1. The summed E-state index contributed by atoms with van der Waals surface area (Å²) in [5, 5.41) is 5.07. The van der Waals surface area contributed by atoms with Gasteiger partial charge in [0.2, 0.25) is 0 Å². The van der Waals surface area contributed by atoms with E-state index in [4.69, 9.17) is 5.10 Å². The number of para-hydroxylation sites is 1. The lowest BCUT2D eigenvalue weighted by atomic mass is 9.85. The second kappa shape index (κ2) is 9.91. The molecule has 4 heteroatoms. The van der Waals surface area contributed by atoms with Crippen molar-refractivity contribution in [2.24, 2.45) is 5.92 Å². The molecule has 1 aliphatic heterocycles. The van der Waals surface area contributed by atoms with Crippen molar-refractivity contribution < 1.29 is 4.79 Å². The number of rotatable bonds is 6. The second-order valence-corrected chi connectivity index (χ2v) is 9.67. The van der Waals surface area contributed by atoms with Crippen LogP contribution >= 0.6 is 0 Å². The minimum absolute atomic E-state index is 0.0469. The highest BCUT2D eigenvalue weighted by molar-refractivity contribution is 6.01. The molecule has 0 fully saturated rings. The first-order valence-electron chi connectivity index (χ1n) is 12.7. The average molecular weight is 464 g/mol. The van der Waals surface area contributed by atoms with Gasteiger partial charge in [-0.25, -0.2) is 4.68 Å². The van der Waals surface area contributed by atoms with Gasteiger partial charge in [-0.05, 0) is 42.0 Å². The van der Waals surface area contributed by atoms with Gasteiger partial charge in [-0.15, -0.1) is 0 Å². The Labute approximate surface area is 208 Å². The normalized spacial score (nSPS) is 15.3. The van der Waals surface area contributed by atoms with Crippen molar-refractivity contribution in [3.05, 3.63) is 107 Å². The van der Waals surface area contributed by atoms with E-state index in [1.54, 1.807) is 0 Å². The van der Waals surface area contributed by atoms with Gasteiger partial charge in [0.05, 0.1) is 23.0 Å². The quantitative estimate of drug-likeness (QED) is 0.312. The lowest BCUT2D eigenvalue weighted by Crippen LogP contribution is -2.42. The van der Waals surface area contributed by atoms with Crippen LogP contribution in [0.4, 0.5) is 0 Å². The molecular weight excluding hydrogens is 430 g/mol. The fourth-order valence-corrected chi connectivity index (χ4v) is 5.41. The van der Waals surface area contributed by atoms with Crippen molar-refractivity contribution in [1.82, 2.24) is 14.7 Å². The van der Waals surface area contributed by atoms with Crippen LogP contribution in [0.25, 0.3) is 16.9 Å². The third-order valence-corrected chi connectivity index (χ3v) is 6.95. The third-order valence-electron chi connectivity index (χ3n) is 6.95. The highest BCUT2D eigenvalue weighted by Gasteiger charge is 2.36. The maximum atomic E-state index is 14.5. The number of aromatic nitrogens is 2. The van der Waals surface area contributed by atoms with E-state index in [0.29, 0.717) is 5.92 Å². The molecule has 0 N–H and O–H groups in total. The van der Waals surface area contributed by atoms with Gasteiger partial charge >= 0.3 is 0 Å². The lowest BCUT2D eigenvalue weighted by molar-refractivity contribution is 0.0603. The molecule has 1 unspecified atom stereocenters. The SMILES string of the molecule is CCCc1c(C(=O)N2CCc3ccccc3C2C(C)C)c(-c2ccccc2)nn1-c1ccccc1. The van der Waals surface area contributed by atoms with Crippen molar-refractivity contribution >= 4 is 5.91 Å². The molecule has 4 aromatic rings. The predicted octanol–water partition coefficient (Wildman–Crippen LogP) is 6.89. The molecule has 1 aliphatic rings. The van der Waals surface area contributed by atoms with Crippen LogP contribution in [0, 0.1) is 5.92 Å². The van der Waals surface area contributed by atoms with E-state index in [9.17, 15) is 4.79 Å². The summed E-state index contributed by atoms with van der Waals surface area (Å²) in [4.78, 5) is 16.6. The van der Waals surface area contributed by atoms with Crippen molar-refractivity contribution in [2.75, 3.05) is 6.54 Å². The van der Waals surface area contributed by atoms with E-state index in [2.05, 4.69) is 74.2 Å².